The Labute approximate surface area is 78.9 Å². The van der Waals surface area contributed by atoms with Gasteiger partial charge in [0.05, 0.1) is 3.57 Å². The van der Waals surface area contributed by atoms with Crippen LogP contribution in [0.5, 0.6) is 0 Å². The zero-order valence-electron chi connectivity index (χ0n) is 6.20. The van der Waals surface area contributed by atoms with Gasteiger partial charge in [0.2, 0.25) is 0 Å². The Morgan fingerprint density at radius 1 is 1.55 bits per heavy atom. The maximum atomic E-state index is 13.0. The van der Waals surface area contributed by atoms with Gasteiger partial charge in [0, 0.05) is 6.54 Å². The fourth-order valence-electron chi connectivity index (χ4n) is 0.945. The summed E-state index contributed by atoms with van der Waals surface area (Å²) in [5, 5.41) is 0. The maximum absolute atomic E-state index is 13.0. The van der Waals surface area contributed by atoms with E-state index in [0.717, 1.165) is 11.1 Å². The van der Waals surface area contributed by atoms with Crippen LogP contribution in [0.25, 0.3) is 0 Å². The van der Waals surface area contributed by atoms with Gasteiger partial charge in [-0.15, -0.1) is 0 Å². The van der Waals surface area contributed by atoms with Gasteiger partial charge in [-0.1, -0.05) is 6.07 Å². The largest absolute Gasteiger partial charge is 0.326 e. The lowest BCUT2D eigenvalue weighted by Gasteiger charge is -2.03. The highest BCUT2D eigenvalue weighted by Crippen LogP contribution is 2.17. The Morgan fingerprint density at radius 2 is 2.18 bits per heavy atom. The van der Waals surface area contributed by atoms with Crippen molar-refractivity contribution in [2.45, 2.75) is 13.5 Å². The molecule has 0 aliphatic rings. The molecule has 0 aromatic heterocycles. The molecule has 0 unspecified atom stereocenters. The quantitative estimate of drug-likeness (QED) is 0.774. The highest BCUT2D eigenvalue weighted by molar-refractivity contribution is 14.1. The summed E-state index contributed by atoms with van der Waals surface area (Å²) in [5.74, 6) is -0.175. The first-order chi connectivity index (χ1) is 5.15. The zero-order valence-corrected chi connectivity index (χ0v) is 8.35. The van der Waals surface area contributed by atoms with E-state index in [4.69, 9.17) is 5.73 Å². The fraction of sp³-hybridized carbons (Fsp3) is 0.250. The molecule has 3 heteroatoms. The van der Waals surface area contributed by atoms with Crippen LogP contribution in [0.4, 0.5) is 4.39 Å². The second-order valence-electron chi connectivity index (χ2n) is 2.42. The molecule has 2 N–H and O–H groups in total. The second kappa shape index (κ2) is 3.49. The van der Waals surface area contributed by atoms with E-state index >= 15 is 0 Å². The summed E-state index contributed by atoms with van der Waals surface area (Å²) in [4.78, 5) is 0. The average Bonchev–Trinajstić information content (AvgIpc) is 1.96. The molecule has 0 amide bonds. The van der Waals surface area contributed by atoms with Crippen molar-refractivity contribution in [3.05, 3.63) is 32.6 Å². The number of hydrogen-bond acceptors (Lipinski definition) is 1. The summed E-state index contributed by atoms with van der Waals surface area (Å²) in [6, 6.07) is 3.42. The minimum atomic E-state index is -0.175. The average molecular weight is 265 g/mol. The van der Waals surface area contributed by atoms with Crippen LogP contribution < -0.4 is 5.73 Å². The van der Waals surface area contributed by atoms with E-state index in [9.17, 15) is 4.39 Å². The molecule has 0 spiro atoms. The molecular formula is C8H9FIN. The smallest absolute Gasteiger partial charge is 0.137 e. The molecule has 0 atom stereocenters. The third-order valence-corrected chi connectivity index (χ3v) is 2.68. The van der Waals surface area contributed by atoms with Gasteiger partial charge in [0.1, 0.15) is 5.82 Å². The monoisotopic (exact) mass is 265 g/mol. The van der Waals surface area contributed by atoms with Crippen molar-refractivity contribution in [3.8, 4) is 0 Å². The topological polar surface area (TPSA) is 26.0 Å². The minimum Gasteiger partial charge on any atom is -0.326 e. The standard InChI is InChI=1S/C8H9FIN/c1-5-2-6(4-11)8(10)7(9)3-5/h2-3H,4,11H2,1H3. The third-order valence-electron chi connectivity index (χ3n) is 1.47. The summed E-state index contributed by atoms with van der Waals surface area (Å²) in [5.41, 5.74) is 7.21. The number of hydrogen-bond donors (Lipinski definition) is 1. The van der Waals surface area contributed by atoms with E-state index < -0.39 is 0 Å². The van der Waals surface area contributed by atoms with Crippen LogP contribution in [0.2, 0.25) is 0 Å². The van der Waals surface area contributed by atoms with Crippen molar-refractivity contribution < 1.29 is 4.39 Å². The van der Waals surface area contributed by atoms with E-state index in [1.165, 1.54) is 6.07 Å². The van der Waals surface area contributed by atoms with E-state index in [2.05, 4.69) is 0 Å². The van der Waals surface area contributed by atoms with Gasteiger partial charge in [0.15, 0.2) is 0 Å². The summed E-state index contributed by atoms with van der Waals surface area (Å²) in [7, 11) is 0. The molecule has 0 bridgehead atoms. The van der Waals surface area contributed by atoms with Crippen LogP contribution in [-0.2, 0) is 6.54 Å². The first kappa shape index (κ1) is 8.93. The lowest BCUT2D eigenvalue weighted by atomic mass is 10.1. The molecule has 1 nitrogen and oxygen atoms in total. The minimum absolute atomic E-state index is 0.175. The van der Waals surface area contributed by atoms with E-state index in [1.54, 1.807) is 0 Å². The van der Waals surface area contributed by atoms with Gasteiger partial charge < -0.3 is 5.73 Å². The predicted molar refractivity (Wildman–Crippen MR) is 51.7 cm³/mol. The van der Waals surface area contributed by atoms with Crippen LogP contribution in [-0.4, -0.2) is 0 Å². The Bertz CT molecular complexity index is 273. The number of aryl methyl sites for hydroxylation is 1. The van der Waals surface area contributed by atoms with Crippen molar-refractivity contribution >= 4 is 22.6 Å². The summed E-state index contributed by atoms with van der Waals surface area (Å²) in [6.07, 6.45) is 0. The summed E-state index contributed by atoms with van der Waals surface area (Å²) < 4.78 is 13.6. The molecule has 1 rings (SSSR count). The summed E-state index contributed by atoms with van der Waals surface area (Å²) in [6.45, 7) is 2.26. The van der Waals surface area contributed by atoms with Gasteiger partial charge in [-0.05, 0) is 46.7 Å². The first-order valence-corrected chi connectivity index (χ1v) is 4.37. The SMILES string of the molecule is Cc1cc(F)c(I)c(CN)c1. The first-order valence-electron chi connectivity index (χ1n) is 3.29. The number of rotatable bonds is 1. The number of benzene rings is 1. The molecule has 0 aliphatic carbocycles. The molecule has 1 aromatic carbocycles. The molecule has 0 aliphatic heterocycles. The van der Waals surface area contributed by atoms with Crippen molar-refractivity contribution in [1.82, 2.24) is 0 Å². The van der Waals surface area contributed by atoms with E-state index in [1.807, 2.05) is 35.6 Å². The molecule has 0 saturated heterocycles. The molecule has 60 valence electrons. The van der Waals surface area contributed by atoms with Crippen molar-refractivity contribution in [2.24, 2.45) is 5.73 Å². The Kier molecular flexibility index (Phi) is 2.84. The van der Waals surface area contributed by atoms with E-state index in [0.29, 0.717) is 10.1 Å². The highest BCUT2D eigenvalue weighted by Gasteiger charge is 2.04. The zero-order chi connectivity index (χ0) is 8.43. The maximum Gasteiger partial charge on any atom is 0.137 e. The van der Waals surface area contributed by atoms with Gasteiger partial charge in [-0.25, -0.2) is 4.39 Å². The molecule has 0 radical (unpaired) electrons. The van der Waals surface area contributed by atoms with Crippen LogP contribution in [0, 0.1) is 16.3 Å². The lowest BCUT2D eigenvalue weighted by Crippen LogP contribution is -2.01. The van der Waals surface area contributed by atoms with Gasteiger partial charge in [-0.2, -0.15) is 0 Å². The normalized spacial score (nSPS) is 10.2. The van der Waals surface area contributed by atoms with Gasteiger partial charge in [0.25, 0.3) is 0 Å². The third kappa shape index (κ3) is 1.90. The van der Waals surface area contributed by atoms with Crippen molar-refractivity contribution in [2.75, 3.05) is 0 Å². The van der Waals surface area contributed by atoms with Crippen LogP contribution >= 0.6 is 22.6 Å². The van der Waals surface area contributed by atoms with Crippen LogP contribution in [0.1, 0.15) is 11.1 Å². The highest BCUT2D eigenvalue weighted by atomic mass is 127. The fourth-order valence-corrected chi connectivity index (χ4v) is 1.48. The van der Waals surface area contributed by atoms with Crippen molar-refractivity contribution in [3.63, 3.8) is 0 Å². The van der Waals surface area contributed by atoms with Gasteiger partial charge in [-0.3, -0.25) is 0 Å². The van der Waals surface area contributed by atoms with Gasteiger partial charge >= 0.3 is 0 Å². The van der Waals surface area contributed by atoms with Crippen LogP contribution in [0.15, 0.2) is 12.1 Å². The Hall–Kier alpha value is -0.160. The lowest BCUT2D eigenvalue weighted by molar-refractivity contribution is 0.616. The Morgan fingerprint density at radius 3 is 2.73 bits per heavy atom. The van der Waals surface area contributed by atoms with Crippen LogP contribution in [0.3, 0.4) is 0 Å². The van der Waals surface area contributed by atoms with E-state index in [-0.39, 0.29) is 5.82 Å². The second-order valence-corrected chi connectivity index (χ2v) is 3.50. The summed E-state index contributed by atoms with van der Waals surface area (Å²) >= 11 is 1.97. The molecule has 0 fully saturated rings. The molecule has 0 saturated carbocycles. The molecule has 1 aromatic rings. The number of nitrogens with two attached hydrogens (primary N) is 1. The Balaban J connectivity index is 3.24. The number of halogens is 2. The van der Waals surface area contributed by atoms with Crippen molar-refractivity contribution in [1.29, 1.82) is 0 Å². The predicted octanol–water partition coefficient (Wildman–Crippen LogP) is 2.20. The molecule has 0 heterocycles. The molecular weight excluding hydrogens is 256 g/mol. The molecule has 11 heavy (non-hydrogen) atoms.